The van der Waals surface area contributed by atoms with Crippen molar-refractivity contribution in [3.63, 3.8) is 0 Å². The SMILES string of the molecule is Cc1ccc(NC(=O)NNC2=CC(=O)OC2)cc1. The van der Waals surface area contributed by atoms with Crippen molar-refractivity contribution in [2.75, 3.05) is 11.9 Å². The second-order valence-electron chi connectivity index (χ2n) is 3.85. The van der Waals surface area contributed by atoms with E-state index in [1.807, 2.05) is 19.1 Å². The number of amides is 2. The van der Waals surface area contributed by atoms with Gasteiger partial charge in [0.05, 0.1) is 5.70 Å². The molecule has 2 rings (SSSR count). The van der Waals surface area contributed by atoms with Crippen molar-refractivity contribution < 1.29 is 14.3 Å². The molecule has 6 nitrogen and oxygen atoms in total. The van der Waals surface area contributed by atoms with E-state index in [0.717, 1.165) is 5.56 Å². The lowest BCUT2D eigenvalue weighted by Crippen LogP contribution is -2.40. The first kappa shape index (κ1) is 12.0. The van der Waals surface area contributed by atoms with Crippen molar-refractivity contribution in [1.29, 1.82) is 0 Å². The minimum Gasteiger partial charge on any atom is -0.456 e. The quantitative estimate of drug-likeness (QED) is 0.551. The fraction of sp³-hybridized carbons (Fsp3) is 0.167. The number of carbonyl (C=O) groups excluding carboxylic acids is 2. The molecular formula is C12H13N3O3. The van der Waals surface area contributed by atoms with E-state index in [-0.39, 0.29) is 6.61 Å². The number of aryl methyl sites for hydroxylation is 1. The van der Waals surface area contributed by atoms with Crippen LogP contribution in [-0.4, -0.2) is 18.6 Å². The number of esters is 1. The Labute approximate surface area is 104 Å². The Bertz CT molecular complexity index is 494. The van der Waals surface area contributed by atoms with Gasteiger partial charge in [-0.1, -0.05) is 17.7 Å². The Hall–Kier alpha value is -2.50. The number of anilines is 1. The molecule has 0 unspecified atom stereocenters. The second-order valence-corrected chi connectivity index (χ2v) is 3.85. The first-order valence-electron chi connectivity index (χ1n) is 5.40. The Kier molecular flexibility index (Phi) is 3.47. The molecule has 0 spiro atoms. The molecule has 0 atom stereocenters. The highest BCUT2D eigenvalue weighted by atomic mass is 16.5. The number of cyclic esters (lactones) is 1. The van der Waals surface area contributed by atoms with Crippen molar-refractivity contribution in [3.8, 4) is 0 Å². The zero-order valence-corrected chi connectivity index (χ0v) is 9.82. The molecule has 2 amide bonds. The molecule has 0 saturated carbocycles. The maximum Gasteiger partial charge on any atom is 0.337 e. The Morgan fingerprint density at radius 1 is 1.28 bits per heavy atom. The first-order valence-corrected chi connectivity index (χ1v) is 5.40. The molecule has 0 saturated heterocycles. The van der Waals surface area contributed by atoms with Gasteiger partial charge >= 0.3 is 12.0 Å². The average molecular weight is 247 g/mol. The van der Waals surface area contributed by atoms with Gasteiger partial charge in [0.25, 0.3) is 0 Å². The molecule has 0 fully saturated rings. The van der Waals surface area contributed by atoms with Crippen LogP contribution in [0.15, 0.2) is 36.0 Å². The predicted molar refractivity (Wildman–Crippen MR) is 65.5 cm³/mol. The van der Waals surface area contributed by atoms with Crippen LogP contribution < -0.4 is 16.2 Å². The Morgan fingerprint density at radius 2 is 2.00 bits per heavy atom. The molecule has 18 heavy (non-hydrogen) atoms. The maximum absolute atomic E-state index is 11.5. The van der Waals surface area contributed by atoms with Crippen LogP contribution >= 0.6 is 0 Å². The van der Waals surface area contributed by atoms with Gasteiger partial charge in [-0.05, 0) is 19.1 Å². The lowest BCUT2D eigenvalue weighted by molar-refractivity contribution is -0.134. The van der Waals surface area contributed by atoms with Gasteiger partial charge < -0.3 is 10.1 Å². The van der Waals surface area contributed by atoms with Crippen LogP contribution in [0.3, 0.4) is 0 Å². The van der Waals surface area contributed by atoms with Crippen molar-refractivity contribution in [2.24, 2.45) is 0 Å². The highest BCUT2D eigenvalue weighted by molar-refractivity contribution is 5.89. The molecule has 0 radical (unpaired) electrons. The van der Waals surface area contributed by atoms with Gasteiger partial charge in [-0.3, -0.25) is 10.9 Å². The van der Waals surface area contributed by atoms with E-state index in [2.05, 4.69) is 20.9 Å². The van der Waals surface area contributed by atoms with Crippen molar-refractivity contribution in [3.05, 3.63) is 41.6 Å². The van der Waals surface area contributed by atoms with Crippen LogP contribution in [0.25, 0.3) is 0 Å². The maximum atomic E-state index is 11.5. The minimum atomic E-state index is -0.418. The van der Waals surface area contributed by atoms with Gasteiger partial charge in [0.1, 0.15) is 6.61 Å². The van der Waals surface area contributed by atoms with Crippen molar-refractivity contribution in [2.45, 2.75) is 6.92 Å². The van der Waals surface area contributed by atoms with Gasteiger partial charge in [0.15, 0.2) is 0 Å². The Morgan fingerprint density at radius 3 is 2.61 bits per heavy atom. The lowest BCUT2D eigenvalue weighted by Gasteiger charge is -2.09. The normalized spacial score (nSPS) is 13.6. The number of hydrogen-bond acceptors (Lipinski definition) is 4. The average Bonchev–Trinajstić information content (AvgIpc) is 2.76. The minimum absolute atomic E-state index is 0.143. The fourth-order valence-electron chi connectivity index (χ4n) is 1.38. The van der Waals surface area contributed by atoms with E-state index >= 15 is 0 Å². The third-order valence-corrected chi connectivity index (χ3v) is 2.31. The molecular weight excluding hydrogens is 234 g/mol. The zero-order chi connectivity index (χ0) is 13.0. The predicted octanol–water partition coefficient (Wildman–Crippen LogP) is 1.06. The van der Waals surface area contributed by atoms with Crippen LogP contribution in [0, 0.1) is 6.92 Å². The van der Waals surface area contributed by atoms with Crippen molar-refractivity contribution >= 4 is 17.7 Å². The van der Waals surface area contributed by atoms with Gasteiger partial charge in [0, 0.05) is 11.8 Å². The summed E-state index contributed by atoms with van der Waals surface area (Å²) < 4.78 is 4.66. The van der Waals surface area contributed by atoms with E-state index in [9.17, 15) is 9.59 Å². The lowest BCUT2D eigenvalue weighted by atomic mass is 10.2. The van der Waals surface area contributed by atoms with Gasteiger partial charge in [-0.2, -0.15) is 0 Å². The standard InChI is InChI=1S/C12H13N3O3/c1-8-2-4-9(5-3-8)13-12(17)15-14-10-6-11(16)18-7-10/h2-6,14H,7H2,1H3,(H2,13,15,17). The number of rotatable bonds is 3. The van der Waals surface area contributed by atoms with Gasteiger partial charge in [-0.15, -0.1) is 0 Å². The smallest absolute Gasteiger partial charge is 0.337 e. The molecule has 0 aromatic heterocycles. The van der Waals surface area contributed by atoms with E-state index in [1.54, 1.807) is 12.1 Å². The highest BCUT2D eigenvalue weighted by Crippen LogP contribution is 2.08. The largest absolute Gasteiger partial charge is 0.456 e. The molecule has 0 aliphatic carbocycles. The summed E-state index contributed by atoms with van der Waals surface area (Å²) in [5.41, 5.74) is 7.32. The van der Waals surface area contributed by atoms with Crippen LogP contribution in [-0.2, 0) is 9.53 Å². The van der Waals surface area contributed by atoms with Crippen molar-refractivity contribution in [1.82, 2.24) is 10.9 Å². The number of urea groups is 1. The van der Waals surface area contributed by atoms with Crippen LogP contribution in [0.2, 0.25) is 0 Å². The molecule has 1 aromatic carbocycles. The summed E-state index contributed by atoms with van der Waals surface area (Å²) in [7, 11) is 0. The summed E-state index contributed by atoms with van der Waals surface area (Å²) in [5, 5.41) is 2.64. The molecule has 1 aliphatic heterocycles. The van der Waals surface area contributed by atoms with E-state index < -0.39 is 12.0 Å². The molecule has 1 aromatic rings. The molecule has 1 heterocycles. The fourth-order valence-corrected chi connectivity index (χ4v) is 1.38. The number of hydrogen-bond donors (Lipinski definition) is 3. The second kappa shape index (κ2) is 5.22. The number of ether oxygens (including phenoxy) is 1. The monoisotopic (exact) mass is 247 g/mol. The van der Waals surface area contributed by atoms with Crippen LogP contribution in [0.5, 0.6) is 0 Å². The summed E-state index contributed by atoms with van der Waals surface area (Å²) in [5.74, 6) is -0.418. The molecule has 94 valence electrons. The Balaban J connectivity index is 1.80. The summed E-state index contributed by atoms with van der Waals surface area (Å²) in [6.45, 7) is 2.11. The van der Waals surface area contributed by atoms with Crippen LogP contribution in [0.1, 0.15) is 5.56 Å². The summed E-state index contributed by atoms with van der Waals surface area (Å²) >= 11 is 0. The third kappa shape index (κ3) is 3.24. The third-order valence-electron chi connectivity index (χ3n) is 2.31. The molecule has 6 heteroatoms. The molecule has 3 N–H and O–H groups in total. The molecule has 1 aliphatic rings. The van der Waals surface area contributed by atoms with E-state index in [0.29, 0.717) is 11.4 Å². The van der Waals surface area contributed by atoms with Gasteiger partial charge in [0.2, 0.25) is 0 Å². The van der Waals surface area contributed by atoms with Crippen LogP contribution in [0.4, 0.5) is 10.5 Å². The summed E-state index contributed by atoms with van der Waals surface area (Å²) in [4.78, 5) is 22.3. The first-order chi connectivity index (χ1) is 8.63. The molecule has 0 bridgehead atoms. The van der Waals surface area contributed by atoms with E-state index in [4.69, 9.17) is 0 Å². The number of nitrogens with one attached hydrogen (secondary N) is 3. The highest BCUT2D eigenvalue weighted by Gasteiger charge is 2.12. The number of benzene rings is 1. The zero-order valence-electron chi connectivity index (χ0n) is 9.82. The van der Waals surface area contributed by atoms with Gasteiger partial charge in [-0.25, -0.2) is 9.59 Å². The summed E-state index contributed by atoms with van der Waals surface area (Å²) in [6.07, 6.45) is 1.28. The number of hydrazine groups is 1. The van der Waals surface area contributed by atoms with E-state index in [1.165, 1.54) is 6.08 Å². The summed E-state index contributed by atoms with van der Waals surface area (Å²) in [6, 6.07) is 6.98. The number of carbonyl (C=O) groups is 2. The topological polar surface area (TPSA) is 79.5 Å².